The number of pyridine rings is 2. The molecule has 1 N–H and O–H groups in total. The highest BCUT2D eigenvalue weighted by Gasteiger charge is 2.41. The van der Waals surface area contributed by atoms with Gasteiger partial charge in [-0.25, -0.2) is 27.6 Å². The van der Waals surface area contributed by atoms with Gasteiger partial charge in [0, 0.05) is 40.7 Å². The minimum absolute atomic E-state index is 0.221. The van der Waals surface area contributed by atoms with Crippen molar-refractivity contribution in [3.05, 3.63) is 65.9 Å². The average molecular weight is 499 g/mol. The second-order valence-electron chi connectivity index (χ2n) is 7.23. The van der Waals surface area contributed by atoms with Gasteiger partial charge in [0.1, 0.15) is 5.82 Å². The van der Waals surface area contributed by atoms with Crippen molar-refractivity contribution in [3.8, 4) is 5.82 Å². The number of amides is 1. The summed E-state index contributed by atoms with van der Waals surface area (Å²) < 4.78 is 86.8. The Hall–Kier alpha value is -3.88. The topological polar surface area (TPSA) is 107 Å². The van der Waals surface area contributed by atoms with E-state index in [0.717, 1.165) is 28.8 Å². The van der Waals surface area contributed by atoms with Gasteiger partial charge in [0.05, 0.1) is 23.6 Å². The van der Waals surface area contributed by atoms with Crippen molar-refractivity contribution in [2.24, 2.45) is 4.36 Å². The molecule has 1 amide bonds. The first-order valence-electron chi connectivity index (χ1n) is 9.26. The van der Waals surface area contributed by atoms with Crippen LogP contribution in [0.25, 0.3) is 11.5 Å². The maximum atomic E-state index is 14.2. The summed E-state index contributed by atoms with van der Waals surface area (Å²) in [6, 6.07) is 2.75. The van der Waals surface area contributed by atoms with Crippen LogP contribution in [0, 0.1) is 11.6 Å². The summed E-state index contributed by atoms with van der Waals surface area (Å²) in [7, 11) is -2.72. The molecule has 4 rings (SSSR count). The number of halogens is 5. The van der Waals surface area contributed by atoms with Crippen molar-refractivity contribution in [2.75, 3.05) is 17.8 Å². The molecule has 15 heteroatoms. The van der Waals surface area contributed by atoms with E-state index in [4.69, 9.17) is 0 Å². The van der Waals surface area contributed by atoms with Crippen molar-refractivity contribution in [3.63, 3.8) is 0 Å². The first kappa shape index (κ1) is 23.3. The van der Waals surface area contributed by atoms with E-state index in [2.05, 4.69) is 24.7 Å². The molecule has 0 aliphatic carbocycles. The van der Waals surface area contributed by atoms with Crippen LogP contribution in [0.5, 0.6) is 0 Å². The monoisotopic (exact) mass is 499 g/mol. The number of aromatic nitrogens is 5. The maximum absolute atomic E-state index is 14.2. The summed E-state index contributed by atoms with van der Waals surface area (Å²) >= 11 is 0. The van der Waals surface area contributed by atoms with Crippen molar-refractivity contribution < 1.29 is 31.0 Å². The van der Waals surface area contributed by atoms with Crippen molar-refractivity contribution in [1.82, 2.24) is 24.1 Å². The minimum Gasteiger partial charge on any atom is -0.320 e. The first-order chi connectivity index (χ1) is 15.8. The molecule has 0 spiro atoms. The molecule has 0 aliphatic rings. The van der Waals surface area contributed by atoms with Crippen LogP contribution in [0.15, 0.2) is 47.3 Å². The second-order valence-corrected chi connectivity index (χ2v) is 9.78. The largest absolute Gasteiger partial charge is 0.434 e. The van der Waals surface area contributed by atoms with E-state index in [1.165, 1.54) is 24.9 Å². The molecular formula is C19H14F5N7O2S. The SMILES string of the molecule is CS(C)(=O)=Nc1ncc(NC(=O)c2cnn(-c3ccc(F)c4nccn34)c2C(F)(F)F)cc1F. The molecule has 0 aromatic carbocycles. The molecule has 4 heterocycles. The molecule has 0 atom stereocenters. The Bertz CT molecular complexity index is 1540. The average Bonchev–Trinajstić information content (AvgIpc) is 3.37. The third-order valence-corrected chi connectivity index (χ3v) is 4.98. The molecule has 9 nitrogen and oxygen atoms in total. The number of nitrogens with zero attached hydrogens (tertiary/aromatic N) is 6. The Morgan fingerprint density at radius 1 is 1.12 bits per heavy atom. The minimum atomic E-state index is -5.04. The van der Waals surface area contributed by atoms with E-state index >= 15 is 0 Å². The Kier molecular flexibility index (Phi) is 5.59. The standard InChI is InChI=1S/C19H14F5N7O2S/c1-34(2,33)29-16-13(21)7-10(8-26-16)28-18(32)11-9-27-31(15(11)19(22,23)24)14-4-3-12(20)17-25-5-6-30(14)17/h3-9H,1-2H3,(H,28,32). The van der Waals surface area contributed by atoms with E-state index in [1.807, 2.05) is 0 Å². The van der Waals surface area contributed by atoms with Gasteiger partial charge in [0.15, 0.2) is 28.8 Å². The quantitative estimate of drug-likeness (QED) is 0.430. The molecule has 0 saturated carbocycles. The normalized spacial score (nSPS) is 12.2. The number of alkyl halides is 3. The number of rotatable bonds is 4. The van der Waals surface area contributed by atoms with Crippen molar-refractivity contribution >= 4 is 32.8 Å². The van der Waals surface area contributed by atoms with E-state index in [1.54, 1.807) is 0 Å². The second kappa shape index (κ2) is 8.16. The number of nitrogens with one attached hydrogen (secondary N) is 1. The van der Waals surface area contributed by atoms with Crippen LogP contribution >= 0.6 is 0 Å². The number of fused-ring (bicyclic) bond motifs is 1. The summed E-state index contributed by atoms with van der Waals surface area (Å²) in [6.07, 6.45) is 1.55. The van der Waals surface area contributed by atoms with Gasteiger partial charge in [-0.2, -0.15) is 22.6 Å². The molecule has 178 valence electrons. The fraction of sp³-hybridized carbons (Fsp3) is 0.158. The molecule has 0 fully saturated rings. The lowest BCUT2D eigenvalue weighted by Crippen LogP contribution is -2.21. The van der Waals surface area contributed by atoms with Crippen LogP contribution in [0.4, 0.5) is 33.5 Å². The predicted octanol–water partition coefficient (Wildman–Crippen LogP) is 3.82. The fourth-order valence-electron chi connectivity index (χ4n) is 3.07. The summed E-state index contributed by atoms with van der Waals surface area (Å²) in [4.78, 5) is 20.1. The Morgan fingerprint density at radius 3 is 2.50 bits per heavy atom. The van der Waals surface area contributed by atoms with E-state index in [0.29, 0.717) is 10.9 Å². The highest BCUT2D eigenvalue weighted by atomic mass is 32.2. The van der Waals surface area contributed by atoms with E-state index in [9.17, 15) is 31.0 Å². The zero-order valence-electron chi connectivity index (χ0n) is 17.3. The number of carbonyl (C=O) groups excluding carboxylic acids is 1. The lowest BCUT2D eigenvalue weighted by atomic mass is 10.2. The summed E-state index contributed by atoms with van der Waals surface area (Å²) in [5.74, 6) is -3.74. The number of anilines is 1. The van der Waals surface area contributed by atoms with Gasteiger partial charge in [0.25, 0.3) is 5.91 Å². The molecule has 4 aromatic rings. The number of hydrogen-bond donors (Lipinski definition) is 1. The molecular weight excluding hydrogens is 485 g/mol. The Morgan fingerprint density at radius 2 is 1.85 bits per heavy atom. The van der Waals surface area contributed by atoms with Crippen molar-refractivity contribution in [1.29, 1.82) is 0 Å². The summed E-state index contributed by atoms with van der Waals surface area (Å²) in [6.45, 7) is 0. The van der Waals surface area contributed by atoms with E-state index < -0.39 is 50.5 Å². The number of carbonyl (C=O) groups is 1. The molecule has 4 aromatic heterocycles. The van der Waals surface area contributed by atoms with E-state index in [-0.39, 0.29) is 17.2 Å². The van der Waals surface area contributed by atoms with Gasteiger partial charge in [-0.3, -0.25) is 9.20 Å². The molecule has 34 heavy (non-hydrogen) atoms. The van der Waals surface area contributed by atoms with Gasteiger partial charge in [-0.15, -0.1) is 0 Å². The van der Waals surface area contributed by atoms with Crippen LogP contribution in [-0.4, -0.2) is 46.8 Å². The lowest BCUT2D eigenvalue weighted by molar-refractivity contribution is -0.143. The van der Waals surface area contributed by atoms with Gasteiger partial charge >= 0.3 is 6.18 Å². The predicted molar refractivity (Wildman–Crippen MR) is 112 cm³/mol. The molecule has 0 unspecified atom stereocenters. The van der Waals surface area contributed by atoms with Crippen LogP contribution in [-0.2, 0) is 15.9 Å². The van der Waals surface area contributed by atoms with Crippen LogP contribution in [0.2, 0.25) is 0 Å². The number of hydrogen-bond acceptors (Lipinski definition) is 6. The molecule has 0 saturated heterocycles. The van der Waals surface area contributed by atoms with Crippen LogP contribution < -0.4 is 5.32 Å². The molecule has 0 radical (unpaired) electrons. The zero-order chi connectivity index (χ0) is 24.8. The van der Waals surface area contributed by atoms with Gasteiger partial charge < -0.3 is 5.32 Å². The summed E-state index contributed by atoms with van der Waals surface area (Å²) in [5, 5.41) is 5.80. The molecule has 0 bridgehead atoms. The maximum Gasteiger partial charge on any atom is 0.434 e. The first-order valence-corrected chi connectivity index (χ1v) is 11.6. The zero-order valence-corrected chi connectivity index (χ0v) is 18.2. The smallest absolute Gasteiger partial charge is 0.320 e. The van der Waals surface area contributed by atoms with Crippen molar-refractivity contribution in [2.45, 2.75) is 6.18 Å². The third kappa shape index (κ3) is 4.46. The van der Waals surface area contributed by atoms with Gasteiger partial charge in [-0.05, 0) is 12.1 Å². The van der Waals surface area contributed by atoms with Gasteiger partial charge in [-0.1, -0.05) is 0 Å². The van der Waals surface area contributed by atoms with Crippen LogP contribution in [0.1, 0.15) is 16.1 Å². The fourth-order valence-corrected chi connectivity index (χ4v) is 3.62. The number of imidazole rings is 1. The third-order valence-electron chi connectivity index (χ3n) is 4.37. The highest BCUT2D eigenvalue weighted by Crippen LogP contribution is 2.34. The molecule has 0 aliphatic heterocycles. The lowest BCUT2D eigenvalue weighted by Gasteiger charge is -2.14. The highest BCUT2D eigenvalue weighted by molar-refractivity contribution is 7.92. The summed E-state index contributed by atoms with van der Waals surface area (Å²) in [5.41, 5.74) is -2.81. The van der Waals surface area contributed by atoms with Gasteiger partial charge in [0.2, 0.25) is 0 Å². The van der Waals surface area contributed by atoms with Crippen LogP contribution in [0.3, 0.4) is 0 Å². The Balaban J connectivity index is 1.74. The Labute approximate surface area is 188 Å².